The van der Waals surface area contributed by atoms with Crippen molar-refractivity contribution in [2.24, 2.45) is 0 Å². The Hall–Kier alpha value is -6.56. The molecule has 4 nitrogen and oxygen atoms in total. The Morgan fingerprint density at radius 1 is 0.279 bits per heavy atom. The zero-order valence-electron chi connectivity index (χ0n) is 38.2. The molecule has 0 radical (unpaired) electrons. The SMILES string of the molecule is CCCCc1cc2c(cc1CCCC)c1ccn3c4c(F)c(F)c(c(F)c4F)n4ccc5c6cc(CCCC)c(CCCC)cc6c6ccn(c7c(F)c(F)c(c(F)c7F)n7ccc2c7c13)c6c54. The van der Waals surface area contributed by atoms with Crippen LogP contribution < -0.4 is 0 Å². The van der Waals surface area contributed by atoms with Crippen LogP contribution in [0.1, 0.15) is 101 Å². The second-order valence-electron chi connectivity index (χ2n) is 18.4. The monoisotopic (exact) mass is 928 g/mol. The number of benzene rings is 6. The van der Waals surface area contributed by atoms with E-state index in [0.717, 1.165) is 117 Å². The third kappa shape index (κ3) is 6.17. The maximum Gasteiger partial charge on any atom is 0.188 e. The number of fused-ring (bicyclic) bond motifs is 6. The minimum absolute atomic E-state index is 0.0927. The molecule has 0 aliphatic carbocycles. The van der Waals surface area contributed by atoms with Crippen LogP contribution in [0.25, 0.3) is 87.2 Å². The first-order valence-electron chi connectivity index (χ1n) is 23.9. The Kier molecular flexibility index (Phi) is 10.7. The summed E-state index contributed by atoms with van der Waals surface area (Å²) < 4.78 is 142. The Balaban J connectivity index is 1.41. The summed E-state index contributed by atoms with van der Waals surface area (Å²) in [4.78, 5) is 0. The smallest absolute Gasteiger partial charge is 0.188 e. The Morgan fingerprint density at radius 2 is 0.471 bits per heavy atom. The number of hydrogen-bond donors (Lipinski definition) is 0. The van der Waals surface area contributed by atoms with Crippen molar-refractivity contribution in [1.29, 1.82) is 0 Å². The van der Waals surface area contributed by atoms with E-state index in [1.807, 2.05) is 24.3 Å². The van der Waals surface area contributed by atoms with Crippen molar-refractivity contribution < 1.29 is 35.1 Å². The van der Waals surface area contributed by atoms with E-state index in [2.05, 4.69) is 27.7 Å². The van der Waals surface area contributed by atoms with Crippen molar-refractivity contribution in [2.75, 3.05) is 0 Å². The number of aromatic nitrogens is 4. The molecule has 0 saturated carbocycles. The van der Waals surface area contributed by atoms with Gasteiger partial charge in [0.25, 0.3) is 0 Å². The summed E-state index contributed by atoms with van der Waals surface area (Å²) in [7, 11) is 0. The summed E-state index contributed by atoms with van der Waals surface area (Å²) >= 11 is 0. The summed E-state index contributed by atoms with van der Waals surface area (Å²) in [6.07, 6.45) is 15.1. The van der Waals surface area contributed by atoms with Crippen molar-refractivity contribution >= 4 is 87.2 Å². The summed E-state index contributed by atoms with van der Waals surface area (Å²) in [5, 5.41) is 3.77. The molecule has 0 aliphatic heterocycles. The van der Waals surface area contributed by atoms with Gasteiger partial charge < -0.3 is 17.6 Å². The van der Waals surface area contributed by atoms with Crippen LogP contribution in [-0.4, -0.2) is 17.6 Å². The van der Waals surface area contributed by atoms with Crippen molar-refractivity contribution in [1.82, 2.24) is 17.6 Å². The third-order valence-electron chi connectivity index (χ3n) is 14.4. The van der Waals surface area contributed by atoms with Gasteiger partial charge in [-0.2, -0.15) is 0 Å². The Morgan fingerprint density at radius 3 is 0.647 bits per heavy atom. The van der Waals surface area contributed by atoms with Crippen LogP contribution in [0.3, 0.4) is 0 Å². The summed E-state index contributed by atoms with van der Waals surface area (Å²) in [5.74, 6) is -13.8. The molecule has 0 amide bonds. The highest BCUT2D eigenvalue weighted by Gasteiger charge is 2.30. The predicted molar refractivity (Wildman–Crippen MR) is 258 cm³/mol. The van der Waals surface area contributed by atoms with E-state index in [-0.39, 0.29) is 22.1 Å². The van der Waals surface area contributed by atoms with Crippen LogP contribution in [0, 0.1) is 46.5 Å². The fourth-order valence-corrected chi connectivity index (χ4v) is 11.0. The fraction of sp³-hybridized carbons (Fsp3) is 0.286. The number of nitrogens with zero attached hydrogens (tertiary/aromatic N) is 4. The topological polar surface area (TPSA) is 17.6 Å². The first-order valence-corrected chi connectivity index (χ1v) is 23.9. The molecule has 0 saturated heterocycles. The van der Waals surface area contributed by atoms with E-state index in [1.165, 1.54) is 49.1 Å². The lowest BCUT2D eigenvalue weighted by Crippen LogP contribution is -2.06. The number of unbranched alkanes of at least 4 members (excludes halogenated alkanes) is 4. The van der Waals surface area contributed by atoms with Gasteiger partial charge >= 0.3 is 0 Å². The van der Waals surface area contributed by atoms with Gasteiger partial charge in [-0.3, -0.25) is 0 Å². The van der Waals surface area contributed by atoms with Crippen molar-refractivity contribution in [3.05, 3.63) is 142 Å². The van der Waals surface area contributed by atoms with E-state index in [0.29, 0.717) is 43.1 Å². The molecule has 8 aromatic heterocycles. The number of rotatable bonds is 12. The number of aryl methyl sites for hydroxylation is 4. The van der Waals surface area contributed by atoms with Gasteiger partial charge in [0.15, 0.2) is 46.5 Å². The predicted octanol–water partition coefficient (Wildman–Crippen LogP) is 16.7. The molecule has 4 bridgehead atoms. The highest BCUT2D eigenvalue weighted by Crippen LogP contribution is 2.43. The molecule has 0 atom stereocenters. The van der Waals surface area contributed by atoms with Gasteiger partial charge in [-0.25, -0.2) is 35.1 Å². The van der Waals surface area contributed by atoms with Crippen molar-refractivity contribution in [3.63, 3.8) is 0 Å². The minimum atomic E-state index is -1.72. The zero-order chi connectivity index (χ0) is 47.4. The lowest BCUT2D eigenvalue weighted by atomic mass is 9.91. The lowest BCUT2D eigenvalue weighted by molar-refractivity contribution is 0.472. The van der Waals surface area contributed by atoms with Crippen LogP contribution in [0.15, 0.2) is 73.3 Å². The molecule has 0 unspecified atom stereocenters. The summed E-state index contributed by atoms with van der Waals surface area (Å²) in [6.45, 7) is 8.32. The van der Waals surface area contributed by atoms with Crippen LogP contribution in [-0.2, 0) is 25.7 Å². The van der Waals surface area contributed by atoms with Gasteiger partial charge in [0.2, 0.25) is 0 Å². The van der Waals surface area contributed by atoms with Crippen LogP contribution >= 0.6 is 0 Å². The zero-order valence-corrected chi connectivity index (χ0v) is 38.2. The average Bonchev–Trinajstić information content (AvgIpc) is 4.16. The van der Waals surface area contributed by atoms with E-state index >= 15 is 35.1 Å². The van der Waals surface area contributed by atoms with Gasteiger partial charge in [0.05, 0.1) is 22.1 Å². The normalized spacial score (nSPS) is 12.5. The van der Waals surface area contributed by atoms with Gasteiger partial charge in [-0.15, -0.1) is 0 Å². The summed E-state index contributed by atoms with van der Waals surface area (Å²) in [6, 6.07) is 14.1. The highest BCUT2D eigenvalue weighted by molar-refractivity contribution is 6.26. The molecule has 0 N–H and O–H groups in total. The molecule has 6 aromatic carbocycles. The number of hydrogen-bond acceptors (Lipinski definition) is 0. The van der Waals surface area contributed by atoms with E-state index in [4.69, 9.17) is 0 Å². The standard InChI is InChI=1S/C56H48F8N4/c1-5-9-13-29-25-37-33-17-21-65-49(33)50-34(38(37)26-30(29)14-10-6-2)18-22-66(50)54-45(61)47(63)56(48(64)46(54)62)68-24-20-36-40-28-32(16-12-8-4)31(15-11-7-3)27-39(40)35-19-23-67(51(35)52(36)68)55-43(59)41(57)53(65)42(58)44(55)60/h17-28H,5-16H2,1-4H3. The molecule has 14 aromatic rings. The van der Waals surface area contributed by atoms with Crippen molar-refractivity contribution in [3.8, 4) is 0 Å². The molecule has 12 heteroatoms. The van der Waals surface area contributed by atoms with E-state index < -0.39 is 68.6 Å². The second-order valence-corrected chi connectivity index (χ2v) is 18.4. The van der Waals surface area contributed by atoms with E-state index in [1.54, 1.807) is 0 Å². The first kappa shape index (κ1) is 44.0. The van der Waals surface area contributed by atoms with Gasteiger partial charge in [-0.1, -0.05) is 77.6 Å². The van der Waals surface area contributed by atoms with Gasteiger partial charge in [-0.05, 0) is 119 Å². The molecular formula is C56H48F8N4. The minimum Gasteiger partial charge on any atom is -0.309 e. The van der Waals surface area contributed by atoms with Crippen LogP contribution in [0.4, 0.5) is 35.1 Å². The second kappa shape index (κ2) is 16.6. The molecule has 0 spiro atoms. The first-order chi connectivity index (χ1) is 32.9. The average molecular weight is 929 g/mol. The lowest BCUT2D eigenvalue weighted by Gasteiger charge is -2.15. The molecule has 348 valence electrons. The van der Waals surface area contributed by atoms with Gasteiger partial charge in [0.1, 0.15) is 22.1 Å². The maximum atomic E-state index is 17.3. The molecule has 0 fully saturated rings. The largest absolute Gasteiger partial charge is 0.309 e. The highest BCUT2D eigenvalue weighted by atomic mass is 19.2. The third-order valence-corrected chi connectivity index (χ3v) is 14.4. The van der Waals surface area contributed by atoms with E-state index in [9.17, 15) is 0 Å². The van der Waals surface area contributed by atoms with Crippen molar-refractivity contribution in [2.45, 2.75) is 105 Å². The van der Waals surface area contributed by atoms with Crippen LogP contribution in [0.5, 0.6) is 0 Å². The maximum absolute atomic E-state index is 17.3. The Bertz CT molecular complexity index is 3390. The molecular weight excluding hydrogens is 881 g/mol. The quantitative estimate of drug-likeness (QED) is 0.0858. The van der Waals surface area contributed by atoms with Gasteiger partial charge in [0, 0.05) is 46.3 Å². The molecule has 68 heavy (non-hydrogen) atoms. The number of halogens is 8. The van der Waals surface area contributed by atoms with Crippen LogP contribution in [0.2, 0.25) is 0 Å². The molecule has 14 rings (SSSR count). The Labute approximate surface area is 385 Å². The summed E-state index contributed by atoms with van der Waals surface area (Å²) in [5.41, 5.74) is -0.651. The molecule has 8 heterocycles. The molecule has 0 aliphatic rings. The fourth-order valence-electron chi connectivity index (χ4n) is 11.0.